The van der Waals surface area contributed by atoms with Crippen molar-refractivity contribution in [3.63, 3.8) is 0 Å². The van der Waals surface area contributed by atoms with Crippen LogP contribution in [0.3, 0.4) is 0 Å². The predicted octanol–water partition coefficient (Wildman–Crippen LogP) is 3.24. The zero-order valence-electron chi connectivity index (χ0n) is 10.3. The van der Waals surface area contributed by atoms with Crippen molar-refractivity contribution < 1.29 is 9.53 Å². The van der Waals surface area contributed by atoms with Gasteiger partial charge in [0.1, 0.15) is 6.04 Å². The fourth-order valence-electron chi connectivity index (χ4n) is 1.82. The number of hydrogen-bond acceptors (Lipinski definition) is 3. The van der Waals surface area contributed by atoms with Crippen molar-refractivity contribution in [3.05, 3.63) is 42.5 Å². The van der Waals surface area contributed by atoms with Crippen LogP contribution in [0.1, 0.15) is 6.92 Å². The van der Waals surface area contributed by atoms with Crippen molar-refractivity contribution in [1.82, 2.24) is 0 Å². The molecular weight excluding hydrogens is 250 g/mol. The lowest BCUT2D eigenvalue weighted by atomic mass is 10.1. The molecule has 0 aliphatic heterocycles. The largest absolute Gasteiger partial charge is 0.467 e. The van der Waals surface area contributed by atoms with Gasteiger partial charge in [-0.05, 0) is 18.4 Å². The summed E-state index contributed by atoms with van der Waals surface area (Å²) >= 11 is 0. The van der Waals surface area contributed by atoms with Crippen molar-refractivity contribution in [1.29, 1.82) is 0 Å². The number of halogens is 1. The van der Waals surface area contributed by atoms with Crippen molar-refractivity contribution in [2.45, 2.75) is 13.0 Å². The number of methoxy groups -OCH3 is 1. The van der Waals surface area contributed by atoms with Gasteiger partial charge in [0.2, 0.25) is 0 Å². The first-order valence-electron chi connectivity index (χ1n) is 5.54. The number of fused-ring (bicyclic) bond motifs is 1. The zero-order chi connectivity index (χ0) is 12.3. The molecule has 2 aromatic carbocycles. The van der Waals surface area contributed by atoms with E-state index in [-0.39, 0.29) is 24.4 Å². The maximum Gasteiger partial charge on any atom is 0.327 e. The van der Waals surface area contributed by atoms with Crippen LogP contribution in [-0.2, 0) is 9.53 Å². The Bertz CT molecular complexity index is 537. The van der Waals surface area contributed by atoms with Gasteiger partial charge in [-0.2, -0.15) is 0 Å². The number of benzene rings is 2. The predicted molar refractivity (Wildman–Crippen MR) is 76.3 cm³/mol. The van der Waals surface area contributed by atoms with E-state index in [9.17, 15) is 4.79 Å². The fourth-order valence-corrected chi connectivity index (χ4v) is 1.82. The quantitative estimate of drug-likeness (QED) is 0.866. The first-order valence-corrected chi connectivity index (χ1v) is 5.54. The highest BCUT2D eigenvalue weighted by atomic mass is 35.5. The maximum atomic E-state index is 11.4. The molecule has 2 aromatic rings. The van der Waals surface area contributed by atoms with Crippen LogP contribution in [0.15, 0.2) is 42.5 Å². The Kier molecular flexibility index (Phi) is 4.98. The second kappa shape index (κ2) is 6.26. The van der Waals surface area contributed by atoms with Gasteiger partial charge in [0, 0.05) is 11.1 Å². The molecule has 0 radical (unpaired) electrons. The number of anilines is 1. The zero-order valence-corrected chi connectivity index (χ0v) is 11.2. The lowest BCUT2D eigenvalue weighted by Crippen LogP contribution is -2.27. The molecule has 0 aliphatic rings. The summed E-state index contributed by atoms with van der Waals surface area (Å²) < 4.78 is 4.69. The molecule has 18 heavy (non-hydrogen) atoms. The van der Waals surface area contributed by atoms with Gasteiger partial charge >= 0.3 is 5.97 Å². The monoisotopic (exact) mass is 265 g/mol. The minimum absolute atomic E-state index is 0. The van der Waals surface area contributed by atoms with E-state index < -0.39 is 0 Å². The summed E-state index contributed by atoms with van der Waals surface area (Å²) in [6.45, 7) is 1.79. The summed E-state index contributed by atoms with van der Waals surface area (Å²) in [4.78, 5) is 11.4. The molecule has 0 saturated carbocycles. The Labute approximate surface area is 113 Å². The molecule has 0 aliphatic carbocycles. The van der Waals surface area contributed by atoms with Gasteiger partial charge in [0.05, 0.1) is 7.11 Å². The van der Waals surface area contributed by atoms with E-state index in [2.05, 4.69) is 5.32 Å². The highest BCUT2D eigenvalue weighted by molar-refractivity contribution is 5.95. The molecule has 96 valence electrons. The van der Waals surface area contributed by atoms with E-state index in [4.69, 9.17) is 4.74 Å². The van der Waals surface area contributed by atoms with Gasteiger partial charge < -0.3 is 10.1 Å². The van der Waals surface area contributed by atoms with Crippen molar-refractivity contribution in [2.24, 2.45) is 0 Å². The van der Waals surface area contributed by atoms with E-state index in [0.29, 0.717) is 0 Å². The fraction of sp³-hybridized carbons (Fsp3) is 0.214. The molecule has 1 atom stereocenters. The van der Waals surface area contributed by atoms with Gasteiger partial charge in [0.15, 0.2) is 0 Å². The summed E-state index contributed by atoms with van der Waals surface area (Å²) in [5.41, 5.74) is 0.945. The molecule has 0 spiro atoms. The molecule has 0 heterocycles. The number of rotatable bonds is 3. The normalized spacial score (nSPS) is 11.4. The number of nitrogens with one attached hydrogen (secondary N) is 1. The number of esters is 1. The Balaban J connectivity index is 0.00000162. The number of carbonyl (C=O) groups excluding carboxylic acids is 1. The molecule has 0 unspecified atom stereocenters. The van der Waals surface area contributed by atoms with Gasteiger partial charge in [-0.15, -0.1) is 12.4 Å². The summed E-state index contributed by atoms with van der Waals surface area (Å²) in [6, 6.07) is 13.7. The number of hydrogen-bond donors (Lipinski definition) is 1. The molecule has 0 saturated heterocycles. The molecule has 0 amide bonds. The third kappa shape index (κ3) is 2.93. The number of ether oxygens (including phenoxy) is 1. The van der Waals surface area contributed by atoms with Crippen LogP contribution >= 0.6 is 12.4 Å². The second-order valence-corrected chi connectivity index (χ2v) is 3.92. The van der Waals surface area contributed by atoms with Gasteiger partial charge in [0.25, 0.3) is 0 Å². The lowest BCUT2D eigenvalue weighted by Gasteiger charge is -2.14. The Morgan fingerprint density at radius 3 is 2.56 bits per heavy atom. The second-order valence-electron chi connectivity index (χ2n) is 3.92. The molecule has 3 nitrogen and oxygen atoms in total. The minimum Gasteiger partial charge on any atom is -0.467 e. The van der Waals surface area contributed by atoms with E-state index in [1.165, 1.54) is 7.11 Å². The first kappa shape index (κ1) is 14.3. The highest BCUT2D eigenvalue weighted by Gasteiger charge is 2.13. The molecule has 2 rings (SSSR count). The first-order chi connectivity index (χ1) is 8.22. The van der Waals surface area contributed by atoms with Crippen LogP contribution in [0.5, 0.6) is 0 Å². The molecule has 0 bridgehead atoms. The van der Waals surface area contributed by atoms with Crippen LogP contribution in [0, 0.1) is 0 Å². The Morgan fingerprint density at radius 1 is 1.17 bits per heavy atom. The topological polar surface area (TPSA) is 38.3 Å². The average molecular weight is 266 g/mol. The molecule has 0 aromatic heterocycles. The molecular formula is C14H16ClNO2. The van der Waals surface area contributed by atoms with E-state index in [1.54, 1.807) is 6.92 Å². The van der Waals surface area contributed by atoms with Crippen LogP contribution in [0.25, 0.3) is 10.8 Å². The van der Waals surface area contributed by atoms with Crippen LogP contribution in [0.2, 0.25) is 0 Å². The SMILES string of the molecule is COC(=O)[C@H](C)Nc1cccc2ccccc12.Cl. The van der Waals surface area contributed by atoms with Gasteiger partial charge in [-0.1, -0.05) is 36.4 Å². The van der Waals surface area contributed by atoms with Crippen LogP contribution in [0.4, 0.5) is 5.69 Å². The number of carbonyl (C=O) groups is 1. The summed E-state index contributed by atoms with van der Waals surface area (Å²) in [7, 11) is 1.39. The summed E-state index contributed by atoms with van der Waals surface area (Å²) in [5.74, 6) is -0.266. The van der Waals surface area contributed by atoms with E-state index >= 15 is 0 Å². The van der Waals surface area contributed by atoms with Crippen LogP contribution < -0.4 is 5.32 Å². The lowest BCUT2D eigenvalue weighted by molar-refractivity contribution is -0.141. The van der Waals surface area contributed by atoms with E-state index in [1.807, 2.05) is 42.5 Å². The van der Waals surface area contributed by atoms with Gasteiger partial charge in [-0.3, -0.25) is 0 Å². The highest BCUT2D eigenvalue weighted by Crippen LogP contribution is 2.23. The third-order valence-corrected chi connectivity index (χ3v) is 2.72. The Hall–Kier alpha value is -1.74. The Morgan fingerprint density at radius 2 is 1.83 bits per heavy atom. The van der Waals surface area contributed by atoms with E-state index in [0.717, 1.165) is 16.5 Å². The smallest absolute Gasteiger partial charge is 0.327 e. The minimum atomic E-state index is -0.356. The van der Waals surface area contributed by atoms with Gasteiger partial charge in [-0.25, -0.2) is 4.79 Å². The van der Waals surface area contributed by atoms with Crippen molar-refractivity contribution in [2.75, 3.05) is 12.4 Å². The molecule has 1 N–H and O–H groups in total. The standard InChI is InChI=1S/C14H15NO2.ClH/c1-10(14(16)17-2)15-13-9-5-7-11-6-3-4-8-12(11)13;/h3-10,15H,1-2H3;1H/t10-;/m0./s1. The molecule has 0 fully saturated rings. The third-order valence-electron chi connectivity index (χ3n) is 2.72. The average Bonchev–Trinajstić information content (AvgIpc) is 2.38. The van der Waals surface area contributed by atoms with Crippen molar-refractivity contribution in [3.8, 4) is 0 Å². The van der Waals surface area contributed by atoms with Crippen LogP contribution in [-0.4, -0.2) is 19.1 Å². The maximum absolute atomic E-state index is 11.4. The summed E-state index contributed by atoms with van der Waals surface area (Å²) in [6.07, 6.45) is 0. The molecule has 4 heteroatoms. The summed E-state index contributed by atoms with van der Waals surface area (Å²) in [5, 5.41) is 5.41. The van der Waals surface area contributed by atoms with Crippen molar-refractivity contribution >= 4 is 34.8 Å².